The van der Waals surface area contributed by atoms with Crippen LogP contribution in [0.2, 0.25) is 0 Å². The van der Waals surface area contributed by atoms with E-state index in [4.69, 9.17) is 14.6 Å². The van der Waals surface area contributed by atoms with Crippen LogP contribution in [0.3, 0.4) is 0 Å². The maximum atomic E-state index is 13.3. The van der Waals surface area contributed by atoms with E-state index in [0.717, 1.165) is 50.5 Å². The summed E-state index contributed by atoms with van der Waals surface area (Å²) in [7, 11) is 0. The Bertz CT molecular complexity index is 2250. The number of carbonyl (C=O) groups is 4. The van der Waals surface area contributed by atoms with E-state index < -0.39 is 29.7 Å². The van der Waals surface area contributed by atoms with E-state index in [1.807, 2.05) is 59.4 Å². The second-order valence-electron chi connectivity index (χ2n) is 12.3. The molecular formula is C38H30N6O7. The molecule has 0 bridgehead atoms. The largest absolute Gasteiger partial charge is 0.490 e. The van der Waals surface area contributed by atoms with Gasteiger partial charge in [-0.3, -0.25) is 34.4 Å². The van der Waals surface area contributed by atoms with E-state index in [-0.39, 0.29) is 42.9 Å². The highest BCUT2D eigenvalue weighted by atomic mass is 16.5. The van der Waals surface area contributed by atoms with Crippen LogP contribution in [0.25, 0.3) is 28.1 Å². The minimum absolute atomic E-state index is 0.0417. The molecule has 3 aromatic carbocycles. The van der Waals surface area contributed by atoms with Crippen LogP contribution >= 0.6 is 0 Å². The van der Waals surface area contributed by atoms with E-state index >= 15 is 0 Å². The molecule has 5 aromatic rings. The van der Waals surface area contributed by atoms with Gasteiger partial charge in [0.2, 0.25) is 11.8 Å². The fourth-order valence-corrected chi connectivity index (χ4v) is 6.79. The third-order valence-corrected chi connectivity index (χ3v) is 9.29. The van der Waals surface area contributed by atoms with Gasteiger partial charge in [-0.15, -0.1) is 0 Å². The number of hydrogen-bond acceptors (Lipinski definition) is 10. The smallest absolute Gasteiger partial charge is 0.266 e. The molecule has 1 saturated heterocycles. The molecule has 1 fully saturated rings. The van der Waals surface area contributed by atoms with Crippen molar-refractivity contribution >= 4 is 29.3 Å². The Kier molecular flexibility index (Phi) is 8.07. The first-order valence-electron chi connectivity index (χ1n) is 16.4. The fourth-order valence-electron chi connectivity index (χ4n) is 6.79. The van der Waals surface area contributed by atoms with Crippen molar-refractivity contribution in [3.63, 3.8) is 0 Å². The Morgan fingerprint density at radius 2 is 1.63 bits per heavy atom. The molecule has 0 spiro atoms. The SMILES string of the molecule is O=C1CCC(N2C(=O)c3cccc(OCCOc4ccc(-n5cc(-c6ccc7c(c6)CC/C7=N\O)c(-c6ccncc6)n5)cc4)c3C2=O)C(=O)N1. The van der Waals surface area contributed by atoms with Crippen LogP contribution in [0.15, 0.2) is 96.5 Å². The highest BCUT2D eigenvalue weighted by Crippen LogP contribution is 2.36. The molecule has 1 atom stereocenters. The number of amides is 4. The molecule has 2 aromatic heterocycles. The molecule has 4 amide bonds. The number of benzene rings is 3. The van der Waals surface area contributed by atoms with Gasteiger partial charge in [0.05, 0.1) is 22.5 Å². The van der Waals surface area contributed by atoms with Crippen molar-refractivity contribution in [1.29, 1.82) is 0 Å². The third kappa shape index (κ3) is 5.78. The van der Waals surface area contributed by atoms with Gasteiger partial charge in [0.25, 0.3) is 11.8 Å². The molecule has 0 saturated carbocycles. The van der Waals surface area contributed by atoms with Crippen LogP contribution in [-0.4, -0.2) is 73.5 Å². The summed E-state index contributed by atoms with van der Waals surface area (Å²) < 4.78 is 13.6. The van der Waals surface area contributed by atoms with E-state index in [9.17, 15) is 24.4 Å². The predicted molar refractivity (Wildman–Crippen MR) is 183 cm³/mol. The van der Waals surface area contributed by atoms with E-state index in [0.29, 0.717) is 17.9 Å². The Hall–Kier alpha value is -6.63. The van der Waals surface area contributed by atoms with Gasteiger partial charge in [-0.25, -0.2) is 4.68 Å². The van der Waals surface area contributed by atoms with Gasteiger partial charge in [0.15, 0.2) is 0 Å². The van der Waals surface area contributed by atoms with Crippen molar-refractivity contribution < 1.29 is 33.9 Å². The first-order valence-corrected chi connectivity index (χ1v) is 16.4. The Morgan fingerprint density at radius 1 is 0.824 bits per heavy atom. The third-order valence-electron chi connectivity index (χ3n) is 9.29. The van der Waals surface area contributed by atoms with Crippen molar-refractivity contribution in [2.75, 3.05) is 13.2 Å². The summed E-state index contributed by atoms with van der Waals surface area (Å²) in [6.07, 6.45) is 7.08. The number of nitrogens with zero attached hydrogens (tertiary/aromatic N) is 5. The lowest BCUT2D eigenvalue weighted by atomic mass is 9.98. The summed E-state index contributed by atoms with van der Waals surface area (Å²) >= 11 is 0. The number of aromatic nitrogens is 3. The average Bonchev–Trinajstić information content (AvgIpc) is 3.85. The van der Waals surface area contributed by atoms with Gasteiger partial charge < -0.3 is 14.7 Å². The van der Waals surface area contributed by atoms with E-state index in [2.05, 4.69) is 21.5 Å². The molecule has 51 heavy (non-hydrogen) atoms. The predicted octanol–water partition coefficient (Wildman–Crippen LogP) is 4.58. The number of fused-ring (bicyclic) bond motifs is 2. The molecule has 13 nitrogen and oxygen atoms in total. The number of pyridine rings is 1. The van der Waals surface area contributed by atoms with Gasteiger partial charge in [-0.05, 0) is 78.9 Å². The minimum Gasteiger partial charge on any atom is -0.490 e. The molecule has 2 N–H and O–H groups in total. The first-order chi connectivity index (χ1) is 24.9. The lowest BCUT2D eigenvalue weighted by Gasteiger charge is -2.27. The zero-order chi connectivity index (χ0) is 35.1. The molecule has 254 valence electrons. The molecule has 3 aliphatic rings. The molecule has 1 unspecified atom stereocenters. The molecule has 8 rings (SSSR count). The summed E-state index contributed by atoms with van der Waals surface area (Å²) in [4.78, 5) is 55.5. The van der Waals surface area contributed by atoms with Gasteiger partial charge >= 0.3 is 0 Å². The zero-order valence-electron chi connectivity index (χ0n) is 27.1. The van der Waals surface area contributed by atoms with Gasteiger partial charge in [-0.1, -0.05) is 29.4 Å². The molecule has 2 aliphatic heterocycles. The first kappa shape index (κ1) is 31.6. The van der Waals surface area contributed by atoms with Crippen LogP contribution in [0.1, 0.15) is 51.1 Å². The summed E-state index contributed by atoms with van der Waals surface area (Å²) in [5.41, 5.74) is 7.53. The standard InChI is InChI=1S/C38H30N6O7/c45-33-13-12-31(36(46)40-33)44-37(47)28-2-1-3-32(34(28)38(44)48)51-19-18-50-26-8-6-25(7-9-26)43-21-29(35(41-43)22-14-16-39-17-15-22)24-4-10-27-23(20-24)5-11-30(27)42-49/h1-4,6-10,14-17,20-21,31,49H,5,11-13,18-19H2,(H,40,45,46)/b42-30+. The van der Waals surface area contributed by atoms with Gasteiger partial charge in [-0.2, -0.15) is 5.10 Å². The maximum Gasteiger partial charge on any atom is 0.266 e. The number of piperidine rings is 1. The molecule has 13 heteroatoms. The second kappa shape index (κ2) is 13.0. The van der Waals surface area contributed by atoms with Crippen LogP contribution in [0, 0.1) is 0 Å². The van der Waals surface area contributed by atoms with Crippen molar-refractivity contribution in [2.24, 2.45) is 5.16 Å². The monoisotopic (exact) mass is 682 g/mol. The highest BCUT2D eigenvalue weighted by Gasteiger charge is 2.46. The molecule has 4 heterocycles. The summed E-state index contributed by atoms with van der Waals surface area (Å²) in [6, 6.07) is 21.1. The van der Waals surface area contributed by atoms with Crippen LogP contribution < -0.4 is 14.8 Å². The Labute approximate surface area is 291 Å². The van der Waals surface area contributed by atoms with Crippen molar-refractivity contribution in [3.05, 3.63) is 114 Å². The van der Waals surface area contributed by atoms with Crippen LogP contribution in [0.5, 0.6) is 11.5 Å². The lowest BCUT2D eigenvalue weighted by molar-refractivity contribution is -0.136. The highest BCUT2D eigenvalue weighted by molar-refractivity contribution is 6.24. The fraction of sp³-hybridized carbons (Fsp3) is 0.184. The number of imide groups is 2. The van der Waals surface area contributed by atoms with Gasteiger partial charge in [0, 0.05) is 41.7 Å². The van der Waals surface area contributed by atoms with Crippen LogP contribution in [0.4, 0.5) is 0 Å². The van der Waals surface area contributed by atoms with Crippen LogP contribution in [-0.2, 0) is 16.0 Å². The normalized spacial score (nSPS) is 17.5. The maximum absolute atomic E-state index is 13.3. The summed E-state index contributed by atoms with van der Waals surface area (Å²) in [5, 5.41) is 20.0. The second-order valence-corrected chi connectivity index (χ2v) is 12.3. The number of ether oxygens (including phenoxy) is 2. The molecule has 1 aliphatic carbocycles. The van der Waals surface area contributed by atoms with Gasteiger partial charge in [0.1, 0.15) is 36.4 Å². The number of rotatable bonds is 9. The number of oxime groups is 1. The van der Waals surface area contributed by atoms with Crippen molar-refractivity contribution in [1.82, 2.24) is 25.0 Å². The van der Waals surface area contributed by atoms with E-state index in [1.54, 1.807) is 24.5 Å². The molecular weight excluding hydrogens is 652 g/mol. The van der Waals surface area contributed by atoms with Crippen molar-refractivity contribution in [3.8, 4) is 39.6 Å². The zero-order valence-corrected chi connectivity index (χ0v) is 27.1. The van der Waals surface area contributed by atoms with Crippen molar-refractivity contribution in [2.45, 2.75) is 31.7 Å². The Morgan fingerprint density at radius 3 is 2.41 bits per heavy atom. The topological polar surface area (TPSA) is 165 Å². The average molecular weight is 683 g/mol. The van der Waals surface area contributed by atoms with E-state index in [1.165, 1.54) is 6.07 Å². The quantitative estimate of drug-likeness (QED) is 0.0980. The number of hydrogen-bond donors (Lipinski definition) is 2. The Balaban J connectivity index is 0.950. The number of carbonyl (C=O) groups excluding carboxylic acids is 4. The lowest BCUT2D eigenvalue weighted by Crippen LogP contribution is -2.54. The summed E-state index contributed by atoms with van der Waals surface area (Å²) in [5.74, 6) is -1.52. The summed E-state index contributed by atoms with van der Waals surface area (Å²) in [6.45, 7) is 0.240. The number of nitrogens with one attached hydrogen (secondary N) is 1. The number of aryl methyl sites for hydroxylation is 1. The minimum atomic E-state index is -1.06. The molecule has 0 radical (unpaired) electrons.